The predicted molar refractivity (Wildman–Crippen MR) is 92.1 cm³/mol. The molecule has 8 nitrogen and oxygen atoms in total. The molecule has 3 aromatic rings. The Morgan fingerprint density at radius 3 is 3.00 bits per heavy atom. The first kappa shape index (κ1) is 16.5. The first-order chi connectivity index (χ1) is 12.7. The van der Waals surface area contributed by atoms with Crippen molar-refractivity contribution in [2.24, 2.45) is 0 Å². The third-order valence-electron chi connectivity index (χ3n) is 4.31. The van der Waals surface area contributed by atoms with E-state index in [-0.39, 0.29) is 23.5 Å². The number of hydrogen-bond donors (Lipinski definition) is 2. The number of anilines is 2. The van der Waals surface area contributed by atoms with Crippen LogP contribution in [-0.2, 0) is 4.74 Å². The summed E-state index contributed by atoms with van der Waals surface area (Å²) in [5, 5.41) is 12.9. The zero-order chi connectivity index (χ0) is 18.1. The number of halogens is 1. The molecular formula is C17H18FN5O3. The molecule has 3 heterocycles. The van der Waals surface area contributed by atoms with Crippen molar-refractivity contribution >= 4 is 22.7 Å². The number of ether oxygens (including phenoxy) is 2. The smallest absolute Gasteiger partial charge is 0.312 e. The Hall–Kier alpha value is -2.94. The average molecular weight is 359 g/mol. The summed E-state index contributed by atoms with van der Waals surface area (Å²) in [4.78, 5) is 12.0. The van der Waals surface area contributed by atoms with E-state index in [0.717, 1.165) is 19.3 Å². The third-order valence-corrected chi connectivity index (χ3v) is 4.31. The van der Waals surface area contributed by atoms with Crippen LogP contribution < -0.4 is 10.1 Å². The molecule has 1 fully saturated rings. The first-order valence-electron chi connectivity index (χ1n) is 8.32. The number of methoxy groups -OCH3 is 1. The van der Waals surface area contributed by atoms with Gasteiger partial charge >= 0.3 is 6.08 Å². The van der Waals surface area contributed by atoms with Crippen LogP contribution in [0.25, 0.3) is 11.2 Å². The molecule has 0 aliphatic carbocycles. The van der Waals surface area contributed by atoms with Crippen LogP contribution in [0.5, 0.6) is 11.5 Å². The normalized spacial score (nSPS) is 17.4. The maximum atomic E-state index is 14.1. The molecule has 0 bridgehead atoms. The average Bonchev–Trinajstić information content (AvgIpc) is 3.06. The molecule has 1 atom stereocenters. The summed E-state index contributed by atoms with van der Waals surface area (Å²) < 4.78 is 26.7. The SMILES string of the molecule is COc1c(O)cccc1Nc1nc(F)nc2c1ncn2C1CCCCO1. The van der Waals surface area contributed by atoms with Gasteiger partial charge in [-0.25, -0.2) is 4.98 Å². The highest BCUT2D eigenvalue weighted by molar-refractivity contribution is 5.86. The molecule has 0 amide bonds. The summed E-state index contributed by atoms with van der Waals surface area (Å²) >= 11 is 0. The van der Waals surface area contributed by atoms with Crippen molar-refractivity contribution in [3.63, 3.8) is 0 Å². The number of imidazole rings is 1. The van der Waals surface area contributed by atoms with Gasteiger partial charge in [-0.1, -0.05) is 6.07 Å². The lowest BCUT2D eigenvalue weighted by Gasteiger charge is -2.23. The molecule has 2 N–H and O–H groups in total. The van der Waals surface area contributed by atoms with Gasteiger partial charge in [0.25, 0.3) is 0 Å². The molecule has 26 heavy (non-hydrogen) atoms. The topological polar surface area (TPSA) is 94.3 Å². The van der Waals surface area contributed by atoms with E-state index in [1.54, 1.807) is 23.0 Å². The fraction of sp³-hybridized carbons (Fsp3) is 0.353. The van der Waals surface area contributed by atoms with Crippen molar-refractivity contribution in [1.29, 1.82) is 0 Å². The molecule has 2 aromatic heterocycles. The Balaban J connectivity index is 1.76. The molecule has 0 spiro atoms. The van der Waals surface area contributed by atoms with Gasteiger partial charge in [-0.05, 0) is 31.4 Å². The van der Waals surface area contributed by atoms with Crippen molar-refractivity contribution in [3.8, 4) is 11.5 Å². The number of rotatable bonds is 4. The van der Waals surface area contributed by atoms with E-state index in [4.69, 9.17) is 9.47 Å². The largest absolute Gasteiger partial charge is 0.504 e. The Bertz CT molecular complexity index is 940. The van der Waals surface area contributed by atoms with Crippen LogP contribution in [0, 0.1) is 6.08 Å². The van der Waals surface area contributed by atoms with Crippen molar-refractivity contribution in [2.45, 2.75) is 25.5 Å². The molecule has 1 aliphatic rings. The molecule has 136 valence electrons. The quantitative estimate of drug-likeness (QED) is 0.691. The second-order valence-electron chi connectivity index (χ2n) is 5.97. The zero-order valence-corrected chi connectivity index (χ0v) is 14.1. The summed E-state index contributed by atoms with van der Waals surface area (Å²) in [7, 11) is 1.44. The molecule has 0 radical (unpaired) electrons. The van der Waals surface area contributed by atoms with Gasteiger partial charge in [0, 0.05) is 6.61 Å². The lowest BCUT2D eigenvalue weighted by molar-refractivity contribution is -0.0298. The van der Waals surface area contributed by atoms with Gasteiger partial charge < -0.3 is 19.9 Å². The first-order valence-corrected chi connectivity index (χ1v) is 8.32. The minimum atomic E-state index is -0.878. The second-order valence-corrected chi connectivity index (χ2v) is 5.97. The molecular weight excluding hydrogens is 341 g/mol. The zero-order valence-electron chi connectivity index (χ0n) is 14.1. The number of hydrogen-bond acceptors (Lipinski definition) is 7. The van der Waals surface area contributed by atoms with E-state index in [9.17, 15) is 9.50 Å². The van der Waals surface area contributed by atoms with Crippen LogP contribution in [-0.4, -0.2) is 38.3 Å². The number of aromatic hydroxyl groups is 1. The summed E-state index contributed by atoms with van der Waals surface area (Å²) in [6.45, 7) is 0.656. The van der Waals surface area contributed by atoms with Crippen molar-refractivity contribution < 1.29 is 19.0 Å². The Labute approximate surface area is 148 Å². The number of para-hydroxylation sites is 1. The number of benzene rings is 1. The van der Waals surface area contributed by atoms with Gasteiger partial charge in [0.15, 0.2) is 28.5 Å². The maximum Gasteiger partial charge on any atom is 0.312 e. The highest BCUT2D eigenvalue weighted by atomic mass is 19.1. The van der Waals surface area contributed by atoms with E-state index in [2.05, 4.69) is 20.3 Å². The van der Waals surface area contributed by atoms with Gasteiger partial charge in [-0.3, -0.25) is 4.57 Å². The minimum Gasteiger partial charge on any atom is -0.504 e. The van der Waals surface area contributed by atoms with Crippen molar-refractivity contribution in [1.82, 2.24) is 19.5 Å². The van der Waals surface area contributed by atoms with E-state index in [0.29, 0.717) is 23.5 Å². The van der Waals surface area contributed by atoms with Crippen LogP contribution >= 0.6 is 0 Å². The Kier molecular flexibility index (Phi) is 4.29. The predicted octanol–water partition coefficient (Wildman–Crippen LogP) is 3.12. The summed E-state index contributed by atoms with van der Waals surface area (Å²) in [5.41, 5.74) is 1.20. The molecule has 1 aromatic carbocycles. The van der Waals surface area contributed by atoms with Gasteiger partial charge in [0.05, 0.1) is 19.1 Å². The van der Waals surface area contributed by atoms with Gasteiger partial charge in [0.1, 0.15) is 6.23 Å². The molecule has 1 saturated heterocycles. The summed E-state index contributed by atoms with van der Waals surface area (Å²) in [6.07, 6.45) is 3.35. The summed E-state index contributed by atoms with van der Waals surface area (Å²) in [6, 6.07) is 4.82. The van der Waals surface area contributed by atoms with Crippen LogP contribution in [0.4, 0.5) is 15.9 Å². The van der Waals surface area contributed by atoms with Crippen LogP contribution in [0.15, 0.2) is 24.5 Å². The second kappa shape index (κ2) is 6.75. The van der Waals surface area contributed by atoms with E-state index in [1.165, 1.54) is 13.2 Å². The Morgan fingerprint density at radius 2 is 2.23 bits per heavy atom. The number of nitrogens with one attached hydrogen (secondary N) is 1. The minimum absolute atomic E-state index is 0.0376. The van der Waals surface area contributed by atoms with E-state index in [1.807, 2.05) is 0 Å². The van der Waals surface area contributed by atoms with Crippen LogP contribution in [0.1, 0.15) is 25.5 Å². The molecule has 9 heteroatoms. The number of phenols is 1. The molecule has 1 unspecified atom stereocenters. The fourth-order valence-corrected chi connectivity index (χ4v) is 3.10. The summed E-state index contributed by atoms with van der Waals surface area (Å²) in [5.74, 6) is 0.380. The fourth-order valence-electron chi connectivity index (χ4n) is 3.10. The van der Waals surface area contributed by atoms with Gasteiger partial charge in [0.2, 0.25) is 0 Å². The lowest BCUT2D eigenvalue weighted by atomic mass is 10.2. The highest BCUT2D eigenvalue weighted by Crippen LogP contribution is 2.36. The number of phenolic OH excluding ortho intramolecular Hbond substituents is 1. The molecule has 4 rings (SSSR count). The van der Waals surface area contributed by atoms with Crippen LogP contribution in [0.2, 0.25) is 0 Å². The van der Waals surface area contributed by atoms with Crippen LogP contribution in [0.3, 0.4) is 0 Å². The number of nitrogens with zero attached hydrogens (tertiary/aromatic N) is 4. The van der Waals surface area contributed by atoms with Crippen molar-refractivity contribution in [3.05, 3.63) is 30.6 Å². The highest BCUT2D eigenvalue weighted by Gasteiger charge is 2.22. The van der Waals surface area contributed by atoms with Gasteiger partial charge in [-0.15, -0.1) is 0 Å². The van der Waals surface area contributed by atoms with E-state index < -0.39 is 6.08 Å². The lowest BCUT2D eigenvalue weighted by Crippen LogP contribution is -2.18. The molecule has 1 aliphatic heterocycles. The number of aromatic nitrogens is 4. The molecule has 0 saturated carbocycles. The van der Waals surface area contributed by atoms with Gasteiger partial charge in [-0.2, -0.15) is 14.4 Å². The Morgan fingerprint density at radius 1 is 1.35 bits per heavy atom. The third kappa shape index (κ3) is 2.90. The monoisotopic (exact) mass is 359 g/mol. The van der Waals surface area contributed by atoms with Crippen molar-refractivity contribution in [2.75, 3.05) is 19.0 Å². The standard InChI is InChI=1S/C17H18FN5O3/c1-25-14-10(5-4-6-11(14)24)20-15-13-16(22-17(18)21-15)23(9-19-13)12-7-2-3-8-26-12/h4-6,9,12,24H,2-3,7-8H2,1H3,(H,20,21,22). The maximum absolute atomic E-state index is 14.1. The van der Waals surface area contributed by atoms with E-state index >= 15 is 0 Å². The number of fused-ring (bicyclic) bond motifs is 1.